The van der Waals surface area contributed by atoms with Gasteiger partial charge in [-0.05, 0) is 31.2 Å². The van der Waals surface area contributed by atoms with Crippen molar-refractivity contribution in [3.8, 4) is 22.1 Å². The lowest BCUT2D eigenvalue weighted by atomic mass is 10.2. The van der Waals surface area contributed by atoms with Gasteiger partial charge in [0, 0.05) is 22.1 Å². The quantitative estimate of drug-likeness (QED) is 0.299. The third-order valence-corrected chi connectivity index (χ3v) is 6.10. The number of thioether (sulfide) groups is 1. The van der Waals surface area contributed by atoms with Crippen molar-refractivity contribution >= 4 is 34.0 Å². The number of thiazole rings is 1. The van der Waals surface area contributed by atoms with Crippen LogP contribution in [0.25, 0.3) is 21.5 Å². The van der Waals surface area contributed by atoms with Crippen LogP contribution in [-0.2, 0) is 5.75 Å². The highest BCUT2D eigenvalue weighted by Gasteiger charge is 2.11. The molecule has 0 aliphatic heterocycles. The van der Waals surface area contributed by atoms with Crippen LogP contribution in [0.3, 0.4) is 0 Å². The van der Waals surface area contributed by atoms with Crippen LogP contribution in [0.1, 0.15) is 12.6 Å². The van der Waals surface area contributed by atoms with Gasteiger partial charge in [0.2, 0.25) is 0 Å². The zero-order valence-electron chi connectivity index (χ0n) is 15.6. The topological polar surface area (TPSA) is 57.1 Å². The molecule has 4 rings (SSSR count). The highest BCUT2D eigenvalue weighted by molar-refractivity contribution is 7.98. The number of hydrogen-bond acceptors (Lipinski definition) is 7. The number of fused-ring (bicyclic) bond motifs is 1. The Morgan fingerprint density at radius 1 is 1.07 bits per heavy atom. The lowest BCUT2D eigenvalue weighted by Gasteiger charge is -2.09. The lowest BCUT2D eigenvalue weighted by Crippen LogP contribution is -1.95. The highest BCUT2D eigenvalue weighted by Crippen LogP contribution is 2.35. The molecule has 0 unspecified atom stereocenters. The molecule has 0 bridgehead atoms. The van der Waals surface area contributed by atoms with E-state index in [0.717, 1.165) is 49.4 Å². The van der Waals surface area contributed by atoms with Gasteiger partial charge in [-0.2, -0.15) is 0 Å². The summed E-state index contributed by atoms with van der Waals surface area (Å²) in [5, 5.41) is 5.10. The Morgan fingerprint density at radius 3 is 2.82 bits per heavy atom. The number of para-hydroxylation sites is 1. The summed E-state index contributed by atoms with van der Waals surface area (Å²) < 4.78 is 11.0. The Labute approximate surface area is 171 Å². The maximum atomic E-state index is 5.59. The SMILES string of the molecule is CCOc1ccc(-c2nc(CSc3ncnc4ccccc34)cs2)cc1OC. The summed E-state index contributed by atoms with van der Waals surface area (Å²) in [6, 6.07) is 14.0. The maximum absolute atomic E-state index is 5.59. The van der Waals surface area contributed by atoms with Crippen LogP contribution in [0.4, 0.5) is 0 Å². The predicted octanol–water partition coefficient (Wildman–Crippen LogP) is 5.45. The molecule has 0 amide bonds. The van der Waals surface area contributed by atoms with Crippen molar-refractivity contribution in [1.29, 1.82) is 0 Å². The van der Waals surface area contributed by atoms with Gasteiger partial charge in [0.25, 0.3) is 0 Å². The molecule has 0 spiro atoms. The molecule has 142 valence electrons. The monoisotopic (exact) mass is 409 g/mol. The molecule has 2 aromatic heterocycles. The molecule has 0 N–H and O–H groups in total. The molecular formula is C21H19N3O2S2. The molecular weight excluding hydrogens is 390 g/mol. The number of nitrogens with zero attached hydrogens (tertiary/aromatic N) is 3. The van der Waals surface area contributed by atoms with Crippen LogP contribution >= 0.6 is 23.1 Å². The molecule has 0 atom stereocenters. The van der Waals surface area contributed by atoms with Gasteiger partial charge in [0.05, 0.1) is 24.9 Å². The van der Waals surface area contributed by atoms with Crippen molar-refractivity contribution in [3.05, 3.63) is 59.9 Å². The van der Waals surface area contributed by atoms with E-state index >= 15 is 0 Å². The van der Waals surface area contributed by atoms with Gasteiger partial charge in [-0.3, -0.25) is 0 Å². The van der Waals surface area contributed by atoms with Crippen molar-refractivity contribution in [1.82, 2.24) is 15.0 Å². The summed E-state index contributed by atoms with van der Waals surface area (Å²) in [7, 11) is 1.65. The van der Waals surface area contributed by atoms with Crippen LogP contribution in [0.2, 0.25) is 0 Å². The van der Waals surface area contributed by atoms with Crippen molar-refractivity contribution in [2.24, 2.45) is 0 Å². The van der Waals surface area contributed by atoms with Gasteiger partial charge in [-0.15, -0.1) is 11.3 Å². The fraction of sp³-hybridized carbons (Fsp3) is 0.190. The minimum Gasteiger partial charge on any atom is -0.493 e. The molecule has 0 saturated heterocycles. The second-order valence-corrected chi connectivity index (χ2v) is 7.75. The fourth-order valence-electron chi connectivity index (χ4n) is 2.82. The Hall–Kier alpha value is -2.64. The number of rotatable bonds is 7. The van der Waals surface area contributed by atoms with Gasteiger partial charge in [0.15, 0.2) is 11.5 Å². The van der Waals surface area contributed by atoms with Gasteiger partial charge < -0.3 is 9.47 Å². The second kappa shape index (κ2) is 8.58. The third kappa shape index (κ3) is 3.95. The summed E-state index contributed by atoms with van der Waals surface area (Å²) in [6.45, 7) is 2.56. The van der Waals surface area contributed by atoms with E-state index in [0.29, 0.717) is 6.61 Å². The largest absolute Gasteiger partial charge is 0.493 e. The number of aromatic nitrogens is 3. The van der Waals surface area contributed by atoms with Crippen LogP contribution in [0.15, 0.2) is 59.2 Å². The van der Waals surface area contributed by atoms with E-state index in [2.05, 4.69) is 21.4 Å². The average molecular weight is 410 g/mol. The molecule has 0 aliphatic carbocycles. The maximum Gasteiger partial charge on any atom is 0.161 e. The minimum atomic E-state index is 0.603. The molecule has 0 saturated carbocycles. The predicted molar refractivity (Wildman–Crippen MR) is 114 cm³/mol. The molecule has 0 radical (unpaired) electrons. The molecule has 4 aromatic rings. The van der Waals surface area contributed by atoms with Crippen molar-refractivity contribution in [3.63, 3.8) is 0 Å². The molecule has 2 heterocycles. The zero-order chi connectivity index (χ0) is 19.3. The van der Waals surface area contributed by atoms with E-state index in [1.54, 1.807) is 36.5 Å². The number of hydrogen-bond donors (Lipinski definition) is 0. The van der Waals surface area contributed by atoms with Gasteiger partial charge in [-0.1, -0.05) is 30.0 Å². The van der Waals surface area contributed by atoms with Gasteiger partial charge in [0.1, 0.15) is 16.4 Å². The fourth-order valence-corrected chi connectivity index (χ4v) is 4.62. The number of ether oxygens (including phenoxy) is 2. The first kappa shape index (κ1) is 18.7. The lowest BCUT2D eigenvalue weighted by molar-refractivity contribution is 0.311. The smallest absolute Gasteiger partial charge is 0.161 e. The summed E-state index contributed by atoms with van der Waals surface area (Å²) in [5.74, 6) is 2.22. The summed E-state index contributed by atoms with van der Waals surface area (Å²) in [5.41, 5.74) is 3.01. The first-order valence-electron chi connectivity index (χ1n) is 8.86. The van der Waals surface area contributed by atoms with Crippen LogP contribution in [0.5, 0.6) is 11.5 Å². The van der Waals surface area contributed by atoms with Crippen LogP contribution < -0.4 is 9.47 Å². The van der Waals surface area contributed by atoms with E-state index in [4.69, 9.17) is 14.5 Å². The summed E-state index contributed by atoms with van der Waals surface area (Å²) >= 11 is 3.30. The van der Waals surface area contributed by atoms with E-state index in [9.17, 15) is 0 Å². The molecule has 0 fully saturated rings. The van der Waals surface area contributed by atoms with Crippen molar-refractivity contribution < 1.29 is 9.47 Å². The summed E-state index contributed by atoms with van der Waals surface area (Å²) in [6.07, 6.45) is 1.61. The van der Waals surface area contributed by atoms with Gasteiger partial charge in [-0.25, -0.2) is 15.0 Å². The first-order chi connectivity index (χ1) is 13.8. The van der Waals surface area contributed by atoms with Crippen molar-refractivity contribution in [2.45, 2.75) is 17.7 Å². The number of benzene rings is 2. The van der Waals surface area contributed by atoms with Crippen LogP contribution in [-0.4, -0.2) is 28.7 Å². The molecule has 0 aliphatic rings. The average Bonchev–Trinajstić information content (AvgIpc) is 3.22. The third-order valence-electron chi connectivity index (χ3n) is 4.13. The molecule has 7 heteroatoms. The Balaban J connectivity index is 1.52. The standard InChI is InChI=1S/C21H19N3O2S2/c1-3-26-18-9-8-14(10-19(18)25-2)20-24-15(11-27-20)12-28-21-16-6-4-5-7-17(16)22-13-23-21/h4-11,13H,3,12H2,1-2H3. The minimum absolute atomic E-state index is 0.603. The second-order valence-electron chi connectivity index (χ2n) is 5.93. The van der Waals surface area contributed by atoms with Crippen molar-refractivity contribution in [2.75, 3.05) is 13.7 Å². The van der Waals surface area contributed by atoms with E-state index in [1.165, 1.54) is 0 Å². The number of methoxy groups -OCH3 is 1. The van der Waals surface area contributed by atoms with Crippen LogP contribution in [0, 0.1) is 0 Å². The van der Waals surface area contributed by atoms with E-state index in [1.807, 2.05) is 43.3 Å². The Morgan fingerprint density at radius 2 is 1.96 bits per heavy atom. The molecule has 2 aromatic carbocycles. The Kier molecular flexibility index (Phi) is 5.73. The van der Waals surface area contributed by atoms with E-state index < -0.39 is 0 Å². The van der Waals surface area contributed by atoms with Gasteiger partial charge >= 0.3 is 0 Å². The first-order valence-corrected chi connectivity index (χ1v) is 10.7. The Bertz CT molecular complexity index is 1090. The van der Waals surface area contributed by atoms with E-state index in [-0.39, 0.29) is 0 Å². The molecule has 28 heavy (non-hydrogen) atoms. The normalized spacial score (nSPS) is 10.9. The molecule has 5 nitrogen and oxygen atoms in total. The zero-order valence-corrected chi connectivity index (χ0v) is 17.2. The summed E-state index contributed by atoms with van der Waals surface area (Å²) in [4.78, 5) is 13.5. The highest BCUT2D eigenvalue weighted by atomic mass is 32.2.